The average molecular weight is 511 g/mol. The van der Waals surface area contributed by atoms with Crippen LogP contribution in [0.3, 0.4) is 0 Å². The van der Waals surface area contributed by atoms with Crippen molar-refractivity contribution in [2.24, 2.45) is 34.0 Å². The summed E-state index contributed by atoms with van der Waals surface area (Å²) in [5.74, 6) is -3.54. The van der Waals surface area contributed by atoms with Gasteiger partial charge in [-0.2, -0.15) is 0 Å². The van der Waals surface area contributed by atoms with Crippen molar-refractivity contribution in [3.63, 3.8) is 0 Å². The van der Waals surface area contributed by atoms with E-state index in [2.05, 4.69) is 36.4 Å². The van der Waals surface area contributed by atoms with Gasteiger partial charge in [-0.15, -0.1) is 0 Å². The van der Waals surface area contributed by atoms with E-state index in [1.807, 2.05) is 20.8 Å². The Morgan fingerprint density at radius 3 is 2.44 bits per heavy atom. The van der Waals surface area contributed by atoms with Crippen molar-refractivity contribution in [3.05, 3.63) is 12.2 Å². The molecule has 3 heterocycles. The lowest BCUT2D eigenvalue weighted by molar-refractivity contribution is -0.527. The first-order valence-electron chi connectivity index (χ1n) is 11.7. The standard InChI is InChI=1S/C25H35BrO6/c1-12(2)14-8-9-16-23-11-30-25(19(29)17(23)21(4,5)10-15(26)18(23)28)24(16,13(3)27)20(14)31-22(6,7)32-25/h14-17,19-20,29H,1,8-11H2,2-7H3/t14-,15?,16-,17+,19-,20+,23-,24+,25?/m0/s1. The van der Waals surface area contributed by atoms with Crippen LogP contribution < -0.4 is 0 Å². The molecule has 3 saturated heterocycles. The second kappa shape index (κ2) is 6.54. The number of aliphatic hydroxyl groups is 1. The molecule has 3 aliphatic carbocycles. The number of fused-ring (bicyclic) bond motifs is 1. The van der Waals surface area contributed by atoms with Gasteiger partial charge in [0.15, 0.2) is 11.6 Å². The van der Waals surface area contributed by atoms with Gasteiger partial charge in [0.05, 0.1) is 23.0 Å². The van der Waals surface area contributed by atoms with Crippen LogP contribution in [0.2, 0.25) is 0 Å². The van der Waals surface area contributed by atoms with Crippen LogP contribution in [0.4, 0.5) is 0 Å². The van der Waals surface area contributed by atoms with E-state index in [4.69, 9.17) is 14.2 Å². The number of carbonyl (C=O) groups excluding carboxylic acids is 2. The molecule has 6 nitrogen and oxygen atoms in total. The maximum absolute atomic E-state index is 14.0. The number of aliphatic hydroxyl groups excluding tert-OH is 1. The molecule has 3 saturated carbocycles. The summed E-state index contributed by atoms with van der Waals surface area (Å²) in [5, 5.41) is 12.1. The SMILES string of the molecule is C=C(C)[C@@H]1CC[C@H]2[C@@]34COC5(OC(C)(C)O[C@H]1[C@@]25C(C)=O)[C@@H](O)[C@@H]3C(C)(C)CC(Br)C4=O. The van der Waals surface area contributed by atoms with Gasteiger partial charge in [0.2, 0.25) is 5.79 Å². The summed E-state index contributed by atoms with van der Waals surface area (Å²) in [6.45, 7) is 15.7. The second-order valence-electron chi connectivity index (χ2n) is 12.0. The zero-order chi connectivity index (χ0) is 23.6. The molecular formula is C25H35BrO6. The third-order valence-electron chi connectivity index (χ3n) is 9.43. The molecule has 2 unspecified atom stereocenters. The number of ether oxygens (including phenoxy) is 3. The van der Waals surface area contributed by atoms with Crippen molar-refractivity contribution >= 4 is 27.5 Å². The van der Waals surface area contributed by atoms with Crippen LogP contribution in [0.25, 0.3) is 0 Å². The molecule has 178 valence electrons. The lowest BCUT2D eigenvalue weighted by atomic mass is 9.34. The lowest BCUT2D eigenvalue weighted by Crippen LogP contribution is -2.90. The van der Waals surface area contributed by atoms with E-state index in [-0.39, 0.29) is 46.2 Å². The van der Waals surface area contributed by atoms with Gasteiger partial charge in [0, 0.05) is 11.8 Å². The van der Waals surface area contributed by atoms with Gasteiger partial charge in [0.25, 0.3) is 0 Å². The molecule has 6 aliphatic rings. The van der Waals surface area contributed by atoms with Crippen molar-refractivity contribution in [2.75, 3.05) is 6.61 Å². The first-order chi connectivity index (χ1) is 14.7. The highest BCUT2D eigenvalue weighted by molar-refractivity contribution is 9.10. The van der Waals surface area contributed by atoms with Crippen LogP contribution in [-0.2, 0) is 23.8 Å². The fourth-order valence-corrected chi connectivity index (χ4v) is 9.92. The Morgan fingerprint density at radius 2 is 1.84 bits per heavy atom. The van der Waals surface area contributed by atoms with E-state index in [1.165, 1.54) is 0 Å². The van der Waals surface area contributed by atoms with E-state index in [0.717, 1.165) is 12.0 Å². The number of halogens is 1. The average Bonchev–Trinajstić information content (AvgIpc) is 2.65. The maximum Gasteiger partial charge on any atom is 0.213 e. The monoisotopic (exact) mass is 510 g/mol. The van der Waals surface area contributed by atoms with Gasteiger partial charge < -0.3 is 19.3 Å². The number of hydrogen-bond donors (Lipinski definition) is 1. The molecule has 6 fully saturated rings. The van der Waals surface area contributed by atoms with Crippen molar-refractivity contribution in [1.82, 2.24) is 0 Å². The van der Waals surface area contributed by atoms with Crippen molar-refractivity contribution in [2.45, 2.75) is 89.4 Å². The number of carbonyl (C=O) groups is 2. The predicted molar refractivity (Wildman–Crippen MR) is 121 cm³/mol. The molecule has 6 rings (SSSR count). The minimum Gasteiger partial charge on any atom is -0.387 e. The van der Waals surface area contributed by atoms with Crippen LogP contribution in [-0.4, -0.2) is 51.9 Å². The van der Waals surface area contributed by atoms with E-state index < -0.39 is 34.6 Å². The Morgan fingerprint density at radius 1 is 1.19 bits per heavy atom. The van der Waals surface area contributed by atoms with Gasteiger partial charge in [-0.25, -0.2) is 0 Å². The van der Waals surface area contributed by atoms with Crippen LogP contribution >= 0.6 is 15.9 Å². The Balaban J connectivity index is 1.85. The van der Waals surface area contributed by atoms with Crippen LogP contribution in [0.15, 0.2) is 12.2 Å². The lowest BCUT2D eigenvalue weighted by Gasteiger charge is -2.78. The van der Waals surface area contributed by atoms with Gasteiger partial charge in [-0.3, -0.25) is 9.59 Å². The van der Waals surface area contributed by atoms with Crippen LogP contribution in [0.5, 0.6) is 0 Å². The largest absolute Gasteiger partial charge is 0.387 e. The van der Waals surface area contributed by atoms with E-state index in [9.17, 15) is 14.7 Å². The van der Waals surface area contributed by atoms with Gasteiger partial charge in [-0.1, -0.05) is 41.9 Å². The number of rotatable bonds is 2. The molecule has 0 amide bonds. The van der Waals surface area contributed by atoms with Gasteiger partial charge >= 0.3 is 0 Å². The maximum atomic E-state index is 14.0. The highest BCUT2D eigenvalue weighted by Gasteiger charge is 2.88. The minimum absolute atomic E-state index is 0.0390. The van der Waals surface area contributed by atoms with E-state index in [1.54, 1.807) is 6.92 Å². The summed E-state index contributed by atoms with van der Waals surface area (Å²) in [5.41, 5.74) is -1.68. The smallest absolute Gasteiger partial charge is 0.213 e. The Kier molecular flexibility index (Phi) is 4.73. The summed E-state index contributed by atoms with van der Waals surface area (Å²) in [6, 6.07) is 0. The number of alkyl halides is 1. The van der Waals surface area contributed by atoms with Gasteiger partial charge in [-0.05, 0) is 58.3 Å². The first-order valence-corrected chi connectivity index (χ1v) is 12.7. The summed E-state index contributed by atoms with van der Waals surface area (Å²) >= 11 is 3.64. The van der Waals surface area contributed by atoms with Crippen molar-refractivity contribution in [1.29, 1.82) is 0 Å². The minimum atomic E-state index is -1.56. The molecular weight excluding hydrogens is 476 g/mol. The highest BCUT2D eigenvalue weighted by atomic mass is 79.9. The Labute approximate surface area is 198 Å². The van der Waals surface area contributed by atoms with Crippen LogP contribution in [0.1, 0.15) is 60.8 Å². The second-order valence-corrected chi connectivity index (χ2v) is 13.1. The molecule has 2 bridgehead atoms. The molecule has 9 atom stereocenters. The summed E-state index contributed by atoms with van der Waals surface area (Å²) in [4.78, 5) is 27.4. The van der Waals surface area contributed by atoms with E-state index >= 15 is 0 Å². The fourth-order valence-electron chi connectivity index (χ4n) is 8.66. The summed E-state index contributed by atoms with van der Waals surface area (Å²) < 4.78 is 19.5. The summed E-state index contributed by atoms with van der Waals surface area (Å²) in [6.07, 6.45) is 0.334. The molecule has 0 aromatic heterocycles. The molecule has 2 spiro atoms. The van der Waals surface area contributed by atoms with Crippen LogP contribution in [0, 0.1) is 34.0 Å². The van der Waals surface area contributed by atoms with Crippen molar-refractivity contribution in [3.8, 4) is 0 Å². The summed E-state index contributed by atoms with van der Waals surface area (Å²) in [7, 11) is 0. The van der Waals surface area contributed by atoms with Crippen molar-refractivity contribution < 1.29 is 28.9 Å². The topological polar surface area (TPSA) is 82.1 Å². The fraction of sp³-hybridized carbons (Fsp3) is 0.840. The molecule has 7 heteroatoms. The highest BCUT2D eigenvalue weighted by Crippen LogP contribution is 2.76. The third kappa shape index (κ3) is 2.35. The predicted octanol–water partition coefficient (Wildman–Crippen LogP) is 3.78. The number of hydrogen-bond acceptors (Lipinski definition) is 6. The zero-order valence-corrected chi connectivity index (χ0v) is 21.5. The third-order valence-corrected chi connectivity index (χ3v) is 10.2. The van der Waals surface area contributed by atoms with E-state index in [0.29, 0.717) is 12.8 Å². The molecule has 0 aromatic rings. The molecule has 0 radical (unpaired) electrons. The molecule has 0 aromatic carbocycles. The molecule has 32 heavy (non-hydrogen) atoms. The quantitative estimate of drug-likeness (QED) is 0.449. The van der Waals surface area contributed by atoms with Gasteiger partial charge in [0.1, 0.15) is 17.3 Å². The molecule has 1 N–H and O–H groups in total. The normalized spacial score (nSPS) is 52.7. The number of ketones is 2. The molecule has 3 aliphatic heterocycles. The first kappa shape index (κ1) is 23.2. The Hall–Kier alpha value is -0.600. The Bertz CT molecular complexity index is 912. The number of Topliss-reactive ketones (excluding diaryl/α,β-unsaturated/α-hetero) is 2. The zero-order valence-electron chi connectivity index (χ0n) is 19.9.